The number of methoxy groups -OCH3 is 1. The van der Waals surface area contributed by atoms with E-state index in [0.717, 1.165) is 18.9 Å². The number of benzene rings is 1. The minimum Gasteiger partial charge on any atom is -0.382 e. The molecular formula is C23H34FN7O. The number of rotatable bonds is 9. The van der Waals surface area contributed by atoms with Gasteiger partial charge in [0.15, 0.2) is 5.96 Å². The number of nitrogens with two attached hydrogens (primary N) is 1. The third kappa shape index (κ3) is 6.69. The summed E-state index contributed by atoms with van der Waals surface area (Å²) < 4.78 is 20.3. The predicted octanol–water partition coefficient (Wildman–Crippen LogP) is 3.01. The van der Waals surface area contributed by atoms with Gasteiger partial charge in [0, 0.05) is 20.2 Å². The first-order chi connectivity index (χ1) is 15.2. The van der Waals surface area contributed by atoms with Gasteiger partial charge in [-0.05, 0) is 49.4 Å². The normalized spacial score (nSPS) is 13.0. The standard InChI is InChI=1S/C23H34FN7O/c1-6-27-22(29-15-20(32-5)23(2,3)4)28-13-7-8-19-18(14-25)21(26)31(30-19)17-11-9-16(24)10-12-17/h9-12,20H,6-8,13,15,26H2,1-5H3,(H2,27,28,29). The Labute approximate surface area is 189 Å². The number of ether oxygens (including phenoxy) is 1. The molecule has 8 nitrogen and oxygen atoms in total. The Kier molecular flexibility index (Phi) is 9.02. The van der Waals surface area contributed by atoms with Gasteiger partial charge in [-0.3, -0.25) is 4.99 Å². The van der Waals surface area contributed by atoms with Gasteiger partial charge in [0.2, 0.25) is 0 Å². The van der Waals surface area contributed by atoms with E-state index in [-0.39, 0.29) is 23.2 Å². The van der Waals surface area contributed by atoms with Crippen molar-refractivity contribution in [2.45, 2.75) is 46.6 Å². The van der Waals surface area contributed by atoms with E-state index in [1.807, 2.05) is 6.92 Å². The molecule has 174 valence electrons. The second-order valence-electron chi connectivity index (χ2n) is 8.55. The van der Waals surface area contributed by atoms with E-state index in [2.05, 4.69) is 47.6 Å². The molecular weight excluding hydrogens is 409 g/mol. The third-order valence-electron chi connectivity index (χ3n) is 5.07. The second kappa shape index (κ2) is 11.5. The summed E-state index contributed by atoms with van der Waals surface area (Å²) in [7, 11) is 1.70. The average Bonchev–Trinajstić information content (AvgIpc) is 3.06. The molecule has 32 heavy (non-hydrogen) atoms. The number of nitriles is 1. The van der Waals surface area contributed by atoms with Crippen LogP contribution in [0.25, 0.3) is 5.69 Å². The zero-order valence-electron chi connectivity index (χ0n) is 19.6. The van der Waals surface area contributed by atoms with Gasteiger partial charge in [-0.25, -0.2) is 9.07 Å². The number of aryl methyl sites for hydroxylation is 1. The van der Waals surface area contributed by atoms with Crippen LogP contribution in [-0.4, -0.2) is 48.6 Å². The highest BCUT2D eigenvalue weighted by Gasteiger charge is 2.24. The Balaban J connectivity index is 2.01. The fraction of sp³-hybridized carbons (Fsp3) is 0.522. The number of hydrogen-bond acceptors (Lipinski definition) is 5. The van der Waals surface area contributed by atoms with Gasteiger partial charge in [-0.1, -0.05) is 20.8 Å². The summed E-state index contributed by atoms with van der Waals surface area (Å²) in [5.41, 5.74) is 7.69. The molecule has 1 atom stereocenters. The molecule has 9 heteroatoms. The lowest BCUT2D eigenvalue weighted by Crippen LogP contribution is -2.39. The van der Waals surface area contributed by atoms with E-state index >= 15 is 0 Å². The number of guanidine groups is 1. The van der Waals surface area contributed by atoms with Crippen molar-refractivity contribution < 1.29 is 9.13 Å². The first-order valence-corrected chi connectivity index (χ1v) is 10.8. The predicted molar refractivity (Wildman–Crippen MR) is 125 cm³/mol. The number of nitrogen functional groups attached to an aromatic ring is 1. The lowest BCUT2D eigenvalue weighted by Gasteiger charge is -2.28. The molecule has 0 bridgehead atoms. The van der Waals surface area contributed by atoms with E-state index in [4.69, 9.17) is 10.5 Å². The summed E-state index contributed by atoms with van der Waals surface area (Å²) in [6, 6.07) is 7.96. The number of aliphatic imine (C=N–C) groups is 1. The number of hydrogen-bond donors (Lipinski definition) is 3. The number of aromatic nitrogens is 2. The van der Waals surface area contributed by atoms with Crippen LogP contribution in [0.1, 0.15) is 45.4 Å². The van der Waals surface area contributed by atoms with Crippen molar-refractivity contribution in [3.8, 4) is 11.8 Å². The summed E-state index contributed by atoms with van der Waals surface area (Å²) in [5.74, 6) is 0.629. The molecule has 0 aliphatic heterocycles. The highest BCUT2D eigenvalue weighted by Crippen LogP contribution is 2.22. The first kappa shape index (κ1) is 25.1. The highest BCUT2D eigenvalue weighted by molar-refractivity contribution is 5.79. The number of anilines is 1. The summed E-state index contributed by atoms with van der Waals surface area (Å²) >= 11 is 0. The van der Waals surface area contributed by atoms with E-state index in [1.54, 1.807) is 19.2 Å². The largest absolute Gasteiger partial charge is 0.382 e. The van der Waals surface area contributed by atoms with Gasteiger partial charge in [0.05, 0.1) is 24.0 Å². The molecule has 0 aliphatic carbocycles. The minimum absolute atomic E-state index is 0.00739. The van der Waals surface area contributed by atoms with Gasteiger partial charge < -0.3 is 21.1 Å². The molecule has 1 unspecified atom stereocenters. The molecule has 0 saturated heterocycles. The number of halogens is 1. The van der Waals surface area contributed by atoms with Crippen molar-refractivity contribution in [1.29, 1.82) is 5.26 Å². The molecule has 0 spiro atoms. The van der Waals surface area contributed by atoms with Crippen molar-refractivity contribution >= 4 is 11.8 Å². The zero-order valence-corrected chi connectivity index (χ0v) is 19.6. The van der Waals surface area contributed by atoms with Crippen LogP contribution in [0.2, 0.25) is 0 Å². The number of nitrogens with zero attached hydrogens (tertiary/aromatic N) is 4. The average molecular weight is 444 g/mol. The number of nitrogens with one attached hydrogen (secondary N) is 2. The maximum atomic E-state index is 13.2. The van der Waals surface area contributed by atoms with Crippen molar-refractivity contribution in [3.63, 3.8) is 0 Å². The molecule has 2 aromatic rings. The molecule has 0 amide bonds. The van der Waals surface area contributed by atoms with Crippen LogP contribution in [0.3, 0.4) is 0 Å². The molecule has 0 fully saturated rings. The molecule has 4 N–H and O–H groups in total. The van der Waals surface area contributed by atoms with Crippen LogP contribution in [0, 0.1) is 22.6 Å². The Morgan fingerprint density at radius 3 is 2.56 bits per heavy atom. The third-order valence-corrected chi connectivity index (χ3v) is 5.07. The van der Waals surface area contributed by atoms with E-state index in [9.17, 15) is 9.65 Å². The summed E-state index contributed by atoms with van der Waals surface area (Å²) in [6.07, 6.45) is 1.30. The molecule has 0 radical (unpaired) electrons. The molecule has 0 aliphatic rings. The van der Waals surface area contributed by atoms with Gasteiger partial charge in [0.25, 0.3) is 0 Å². The molecule has 2 rings (SSSR count). The molecule has 1 aromatic heterocycles. The Morgan fingerprint density at radius 2 is 2.00 bits per heavy atom. The van der Waals surface area contributed by atoms with Crippen molar-refractivity contribution in [3.05, 3.63) is 41.3 Å². The molecule has 1 heterocycles. The highest BCUT2D eigenvalue weighted by atomic mass is 19.1. The van der Waals surface area contributed by atoms with Crippen molar-refractivity contribution in [2.24, 2.45) is 10.4 Å². The minimum atomic E-state index is -0.344. The van der Waals surface area contributed by atoms with Crippen LogP contribution < -0.4 is 16.4 Å². The summed E-state index contributed by atoms with van der Waals surface area (Å²) in [5, 5.41) is 20.6. The maximum absolute atomic E-state index is 13.2. The SMILES string of the molecule is CCNC(=NCC(OC)C(C)(C)C)NCCCc1nn(-c2ccc(F)cc2)c(N)c1C#N. The summed E-state index contributed by atoms with van der Waals surface area (Å²) in [6.45, 7) is 10.3. The summed E-state index contributed by atoms with van der Waals surface area (Å²) in [4.78, 5) is 4.64. The first-order valence-electron chi connectivity index (χ1n) is 10.8. The Hall–Kier alpha value is -3.12. The van der Waals surface area contributed by atoms with Crippen LogP contribution in [0.4, 0.5) is 10.2 Å². The van der Waals surface area contributed by atoms with Gasteiger partial charge >= 0.3 is 0 Å². The van der Waals surface area contributed by atoms with Crippen LogP contribution in [0.15, 0.2) is 29.3 Å². The lowest BCUT2D eigenvalue weighted by molar-refractivity contribution is 0.0241. The molecule has 0 saturated carbocycles. The van der Waals surface area contributed by atoms with Crippen LogP contribution in [0.5, 0.6) is 0 Å². The quantitative estimate of drug-likeness (QED) is 0.312. The molecule has 1 aromatic carbocycles. The van der Waals surface area contributed by atoms with Crippen LogP contribution >= 0.6 is 0 Å². The maximum Gasteiger partial charge on any atom is 0.191 e. The fourth-order valence-corrected chi connectivity index (χ4v) is 3.23. The zero-order chi connectivity index (χ0) is 23.7. The Morgan fingerprint density at radius 1 is 1.31 bits per heavy atom. The second-order valence-corrected chi connectivity index (χ2v) is 8.55. The van der Waals surface area contributed by atoms with Crippen molar-refractivity contribution in [1.82, 2.24) is 20.4 Å². The fourth-order valence-electron chi connectivity index (χ4n) is 3.23. The van der Waals surface area contributed by atoms with E-state index in [0.29, 0.717) is 36.5 Å². The topological polar surface area (TPSA) is 113 Å². The lowest BCUT2D eigenvalue weighted by atomic mass is 9.89. The van der Waals surface area contributed by atoms with Crippen molar-refractivity contribution in [2.75, 3.05) is 32.5 Å². The smallest absolute Gasteiger partial charge is 0.191 e. The van der Waals surface area contributed by atoms with E-state index < -0.39 is 0 Å². The van der Waals surface area contributed by atoms with Gasteiger partial charge in [0.1, 0.15) is 23.3 Å². The monoisotopic (exact) mass is 443 g/mol. The van der Waals surface area contributed by atoms with E-state index in [1.165, 1.54) is 16.8 Å². The van der Waals surface area contributed by atoms with Crippen LogP contribution in [-0.2, 0) is 11.2 Å². The Bertz CT molecular complexity index is 939. The van der Waals surface area contributed by atoms with Gasteiger partial charge in [-0.15, -0.1) is 0 Å². The van der Waals surface area contributed by atoms with Gasteiger partial charge in [-0.2, -0.15) is 10.4 Å².